The van der Waals surface area contributed by atoms with Gasteiger partial charge >= 0.3 is 0 Å². The summed E-state index contributed by atoms with van der Waals surface area (Å²) in [5.41, 5.74) is 6.20. The van der Waals surface area contributed by atoms with Crippen LogP contribution in [0.4, 0.5) is 0 Å². The van der Waals surface area contributed by atoms with Crippen LogP contribution in [0, 0.1) is 0 Å². The number of pyridine rings is 1. The van der Waals surface area contributed by atoms with Crippen molar-refractivity contribution in [3.63, 3.8) is 0 Å². The molecule has 0 aliphatic heterocycles. The number of nitrogens with zero attached hydrogens (tertiary/aromatic N) is 3. The summed E-state index contributed by atoms with van der Waals surface area (Å²) in [7, 11) is 1.63. The quantitative estimate of drug-likeness (QED) is 0.796. The first kappa shape index (κ1) is 9.92. The fourth-order valence-electron chi connectivity index (χ4n) is 1.45. The number of rotatable bonds is 4. The third-order valence-electron chi connectivity index (χ3n) is 2.19. The summed E-state index contributed by atoms with van der Waals surface area (Å²) in [6.07, 6.45) is 3.57. The number of ether oxygens (including phenoxy) is 1. The molecule has 2 rings (SSSR count). The van der Waals surface area contributed by atoms with E-state index in [9.17, 15) is 0 Å². The second kappa shape index (κ2) is 4.27. The van der Waals surface area contributed by atoms with Gasteiger partial charge in [-0.2, -0.15) is 5.10 Å². The van der Waals surface area contributed by atoms with Crippen molar-refractivity contribution in [2.45, 2.75) is 12.8 Å². The maximum Gasteiger partial charge on any atom is 0.198 e. The average Bonchev–Trinajstić information content (AvgIpc) is 2.68. The van der Waals surface area contributed by atoms with E-state index in [1.807, 2.05) is 18.3 Å². The fraction of sp³-hybridized carbons (Fsp3) is 0.400. The van der Waals surface area contributed by atoms with Crippen molar-refractivity contribution in [2.24, 2.45) is 5.73 Å². The molecule has 2 aromatic heterocycles. The van der Waals surface area contributed by atoms with Gasteiger partial charge in [0.25, 0.3) is 0 Å². The molecule has 0 aliphatic rings. The largest absolute Gasteiger partial charge is 0.493 e. The van der Waals surface area contributed by atoms with Gasteiger partial charge < -0.3 is 10.5 Å². The van der Waals surface area contributed by atoms with Crippen molar-refractivity contribution < 1.29 is 4.74 Å². The number of aromatic nitrogens is 3. The molecule has 0 spiro atoms. The minimum absolute atomic E-state index is 0.659. The Morgan fingerprint density at radius 1 is 1.53 bits per heavy atom. The van der Waals surface area contributed by atoms with Gasteiger partial charge in [0, 0.05) is 12.6 Å². The lowest BCUT2D eigenvalue weighted by Gasteiger charge is -1.98. The Bertz CT molecular complexity index is 452. The van der Waals surface area contributed by atoms with Crippen LogP contribution in [-0.4, -0.2) is 28.3 Å². The number of methoxy groups -OCH3 is 1. The predicted molar refractivity (Wildman–Crippen MR) is 56.9 cm³/mol. The van der Waals surface area contributed by atoms with Crippen molar-refractivity contribution in [1.82, 2.24) is 14.6 Å². The molecule has 0 fully saturated rings. The minimum Gasteiger partial charge on any atom is -0.493 e. The number of aryl methyl sites for hydroxylation is 1. The van der Waals surface area contributed by atoms with E-state index in [4.69, 9.17) is 10.5 Å². The third kappa shape index (κ3) is 1.92. The van der Waals surface area contributed by atoms with Gasteiger partial charge in [-0.15, -0.1) is 0 Å². The van der Waals surface area contributed by atoms with E-state index in [1.54, 1.807) is 11.6 Å². The second-order valence-corrected chi connectivity index (χ2v) is 3.26. The van der Waals surface area contributed by atoms with E-state index in [0.717, 1.165) is 30.1 Å². The van der Waals surface area contributed by atoms with E-state index in [-0.39, 0.29) is 0 Å². The van der Waals surface area contributed by atoms with Crippen LogP contribution in [0.2, 0.25) is 0 Å². The summed E-state index contributed by atoms with van der Waals surface area (Å²) >= 11 is 0. The van der Waals surface area contributed by atoms with Gasteiger partial charge in [0.1, 0.15) is 0 Å². The highest BCUT2D eigenvalue weighted by molar-refractivity contribution is 5.52. The first-order valence-electron chi connectivity index (χ1n) is 4.93. The van der Waals surface area contributed by atoms with Crippen LogP contribution in [0.5, 0.6) is 5.75 Å². The zero-order chi connectivity index (χ0) is 10.7. The van der Waals surface area contributed by atoms with Crippen molar-refractivity contribution in [1.29, 1.82) is 0 Å². The lowest BCUT2D eigenvalue weighted by molar-refractivity contribution is 0.416. The standard InChI is InChI=1S/C10H14N4O/c1-15-8-4-3-7-14-10(8)12-9(13-14)5-2-6-11/h3-4,7H,2,5-6,11H2,1H3. The molecule has 5 nitrogen and oxygen atoms in total. The summed E-state index contributed by atoms with van der Waals surface area (Å²) in [4.78, 5) is 4.39. The first-order chi connectivity index (χ1) is 7.35. The molecule has 15 heavy (non-hydrogen) atoms. The average molecular weight is 206 g/mol. The molecule has 2 heterocycles. The predicted octanol–water partition coefficient (Wildman–Crippen LogP) is 0.629. The maximum atomic E-state index is 5.44. The molecule has 0 aliphatic carbocycles. The fourth-order valence-corrected chi connectivity index (χ4v) is 1.45. The van der Waals surface area contributed by atoms with Crippen LogP contribution in [0.25, 0.3) is 5.65 Å². The van der Waals surface area contributed by atoms with Crippen LogP contribution in [0.3, 0.4) is 0 Å². The van der Waals surface area contributed by atoms with E-state index in [0.29, 0.717) is 6.54 Å². The Balaban J connectivity index is 2.37. The number of fused-ring (bicyclic) bond motifs is 1. The Morgan fingerprint density at radius 3 is 3.13 bits per heavy atom. The van der Waals surface area contributed by atoms with Crippen LogP contribution in [0.1, 0.15) is 12.2 Å². The lowest BCUT2D eigenvalue weighted by atomic mass is 10.3. The Kier molecular flexibility index (Phi) is 2.82. The van der Waals surface area contributed by atoms with Crippen LogP contribution in [0.15, 0.2) is 18.3 Å². The molecule has 2 aromatic rings. The van der Waals surface area contributed by atoms with Gasteiger partial charge in [-0.3, -0.25) is 0 Å². The van der Waals surface area contributed by atoms with Crippen LogP contribution < -0.4 is 10.5 Å². The van der Waals surface area contributed by atoms with E-state index in [2.05, 4.69) is 10.1 Å². The molecule has 0 aromatic carbocycles. The van der Waals surface area contributed by atoms with Crippen molar-refractivity contribution in [3.8, 4) is 5.75 Å². The van der Waals surface area contributed by atoms with Crippen LogP contribution in [-0.2, 0) is 6.42 Å². The van der Waals surface area contributed by atoms with E-state index in [1.165, 1.54) is 0 Å². The van der Waals surface area contributed by atoms with Gasteiger partial charge in [-0.25, -0.2) is 9.50 Å². The highest BCUT2D eigenvalue weighted by atomic mass is 16.5. The molecule has 0 unspecified atom stereocenters. The third-order valence-corrected chi connectivity index (χ3v) is 2.19. The monoisotopic (exact) mass is 206 g/mol. The smallest absolute Gasteiger partial charge is 0.198 e. The number of hydrogen-bond acceptors (Lipinski definition) is 4. The summed E-state index contributed by atoms with van der Waals surface area (Å²) in [5.74, 6) is 1.55. The van der Waals surface area contributed by atoms with Crippen molar-refractivity contribution >= 4 is 5.65 Å². The van der Waals surface area contributed by atoms with Crippen molar-refractivity contribution in [3.05, 3.63) is 24.2 Å². The summed E-state index contributed by atoms with van der Waals surface area (Å²) < 4.78 is 6.92. The zero-order valence-electron chi connectivity index (χ0n) is 8.68. The molecular formula is C10H14N4O. The van der Waals surface area contributed by atoms with Gasteiger partial charge in [0.05, 0.1) is 7.11 Å². The highest BCUT2D eigenvalue weighted by Crippen LogP contribution is 2.16. The molecule has 0 amide bonds. The van der Waals surface area contributed by atoms with Gasteiger partial charge in [0.15, 0.2) is 17.2 Å². The molecule has 0 atom stereocenters. The molecule has 0 saturated heterocycles. The molecule has 80 valence electrons. The topological polar surface area (TPSA) is 65.4 Å². The Labute approximate surface area is 87.9 Å². The van der Waals surface area contributed by atoms with Crippen LogP contribution >= 0.6 is 0 Å². The molecule has 2 N–H and O–H groups in total. The SMILES string of the molecule is COc1cccn2nc(CCCN)nc12. The molecule has 0 radical (unpaired) electrons. The summed E-state index contributed by atoms with van der Waals surface area (Å²) in [6.45, 7) is 0.659. The molecule has 0 saturated carbocycles. The number of nitrogens with two attached hydrogens (primary N) is 1. The zero-order valence-corrected chi connectivity index (χ0v) is 8.68. The first-order valence-corrected chi connectivity index (χ1v) is 4.93. The highest BCUT2D eigenvalue weighted by Gasteiger charge is 2.07. The maximum absolute atomic E-state index is 5.44. The summed E-state index contributed by atoms with van der Waals surface area (Å²) in [5, 5.41) is 4.33. The van der Waals surface area contributed by atoms with Gasteiger partial charge in [0.2, 0.25) is 0 Å². The number of hydrogen-bond donors (Lipinski definition) is 1. The Morgan fingerprint density at radius 2 is 2.40 bits per heavy atom. The second-order valence-electron chi connectivity index (χ2n) is 3.26. The van der Waals surface area contributed by atoms with Crippen molar-refractivity contribution in [2.75, 3.05) is 13.7 Å². The normalized spacial score (nSPS) is 10.8. The lowest BCUT2D eigenvalue weighted by Crippen LogP contribution is -2.01. The minimum atomic E-state index is 0.659. The Hall–Kier alpha value is -1.62. The molecular weight excluding hydrogens is 192 g/mol. The molecule has 0 bridgehead atoms. The van der Waals surface area contributed by atoms with Gasteiger partial charge in [-0.1, -0.05) is 0 Å². The van der Waals surface area contributed by atoms with E-state index >= 15 is 0 Å². The van der Waals surface area contributed by atoms with E-state index < -0.39 is 0 Å². The summed E-state index contributed by atoms with van der Waals surface area (Å²) in [6, 6.07) is 3.75. The van der Waals surface area contributed by atoms with Gasteiger partial charge in [-0.05, 0) is 25.1 Å². The molecule has 5 heteroatoms.